The monoisotopic (exact) mass is 331 g/mol. The summed E-state index contributed by atoms with van der Waals surface area (Å²) in [4.78, 5) is 7.14. The van der Waals surface area contributed by atoms with Crippen LogP contribution in [-0.4, -0.2) is 47.3 Å². The van der Waals surface area contributed by atoms with Crippen LogP contribution in [0, 0.1) is 0 Å². The molecule has 4 nitrogen and oxygen atoms in total. The summed E-state index contributed by atoms with van der Waals surface area (Å²) < 4.78 is 0. The molecule has 1 fully saturated rings. The highest BCUT2D eigenvalue weighted by Gasteiger charge is 2.15. The van der Waals surface area contributed by atoms with Gasteiger partial charge in [0.2, 0.25) is 0 Å². The fourth-order valence-corrected chi connectivity index (χ4v) is 3.71. The molecule has 3 rings (SSSR count). The molecular formula is C18H25N3OS. The number of nitrogens with one attached hydrogen (secondary N) is 1. The molecular weight excluding hydrogens is 306 g/mol. The third-order valence-electron chi connectivity index (χ3n) is 4.26. The smallest absolute Gasteiger partial charge is 0.123 e. The molecule has 0 amide bonds. The van der Waals surface area contributed by atoms with Crippen LogP contribution in [0.4, 0.5) is 0 Å². The molecule has 0 radical (unpaired) electrons. The van der Waals surface area contributed by atoms with Crippen LogP contribution in [-0.2, 0) is 6.54 Å². The van der Waals surface area contributed by atoms with Gasteiger partial charge in [-0.25, -0.2) is 4.98 Å². The zero-order valence-corrected chi connectivity index (χ0v) is 14.3. The predicted molar refractivity (Wildman–Crippen MR) is 95.6 cm³/mol. The molecule has 124 valence electrons. The summed E-state index contributed by atoms with van der Waals surface area (Å²) in [6, 6.07) is 10.3. The van der Waals surface area contributed by atoms with Gasteiger partial charge in [-0.2, -0.15) is 0 Å². The van der Waals surface area contributed by atoms with Crippen LogP contribution in [0.5, 0.6) is 0 Å². The molecule has 0 bridgehead atoms. The molecule has 0 saturated carbocycles. The summed E-state index contributed by atoms with van der Waals surface area (Å²) in [5.74, 6) is 0. The van der Waals surface area contributed by atoms with E-state index >= 15 is 0 Å². The van der Waals surface area contributed by atoms with E-state index in [0.29, 0.717) is 0 Å². The first kappa shape index (κ1) is 16.6. The van der Waals surface area contributed by atoms with Crippen molar-refractivity contribution in [3.8, 4) is 10.6 Å². The predicted octanol–water partition coefficient (Wildman–Crippen LogP) is 2.75. The van der Waals surface area contributed by atoms with Crippen molar-refractivity contribution in [3.05, 3.63) is 41.4 Å². The largest absolute Gasteiger partial charge is 0.393 e. The van der Waals surface area contributed by atoms with Crippen LogP contribution >= 0.6 is 11.3 Å². The van der Waals surface area contributed by atoms with Gasteiger partial charge in [0.25, 0.3) is 0 Å². The van der Waals surface area contributed by atoms with Crippen molar-refractivity contribution in [2.45, 2.75) is 31.9 Å². The molecule has 2 aromatic rings. The molecule has 1 aromatic heterocycles. The van der Waals surface area contributed by atoms with Gasteiger partial charge in [0.1, 0.15) is 5.01 Å². The Morgan fingerprint density at radius 2 is 2.00 bits per heavy atom. The van der Waals surface area contributed by atoms with Gasteiger partial charge in [0, 0.05) is 30.6 Å². The molecule has 2 N–H and O–H groups in total. The van der Waals surface area contributed by atoms with Crippen molar-refractivity contribution < 1.29 is 5.11 Å². The van der Waals surface area contributed by atoms with E-state index in [1.807, 2.05) is 18.2 Å². The topological polar surface area (TPSA) is 48.4 Å². The van der Waals surface area contributed by atoms with Gasteiger partial charge in [-0.15, -0.1) is 11.3 Å². The van der Waals surface area contributed by atoms with Gasteiger partial charge in [-0.05, 0) is 32.4 Å². The SMILES string of the molecule is OC1CCN(CCCNCc2csc(-c3ccccc3)n2)CC1. The van der Waals surface area contributed by atoms with E-state index in [-0.39, 0.29) is 6.10 Å². The number of aliphatic hydroxyl groups excluding tert-OH is 1. The van der Waals surface area contributed by atoms with Gasteiger partial charge >= 0.3 is 0 Å². The Kier molecular flexibility index (Phi) is 6.16. The number of rotatable bonds is 7. The minimum Gasteiger partial charge on any atom is -0.393 e. The number of thiazole rings is 1. The van der Waals surface area contributed by atoms with Gasteiger partial charge in [-0.3, -0.25) is 0 Å². The lowest BCUT2D eigenvalue weighted by molar-refractivity contribution is 0.0821. The normalized spacial score (nSPS) is 16.7. The van der Waals surface area contributed by atoms with Crippen LogP contribution in [0.25, 0.3) is 10.6 Å². The molecule has 0 aliphatic carbocycles. The lowest BCUT2D eigenvalue weighted by atomic mass is 10.1. The summed E-state index contributed by atoms with van der Waals surface area (Å²) in [5.41, 5.74) is 2.31. The van der Waals surface area contributed by atoms with Crippen LogP contribution in [0.3, 0.4) is 0 Å². The standard InChI is InChI=1S/C18H25N3OS/c22-17-7-11-21(12-8-17)10-4-9-19-13-16-14-23-18(20-16)15-5-2-1-3-6-15/h1-3,5-6,14,17,19,22H,4,7-13H2. The quantitative estimate of drug-likeness (QED) is 0.766. The number of hydrogen-bond donors (Lipinski definition) is 2. The second-order valence-electron chi connectivity index (χ2n) is 6.11. The highest BCUT2D eigenvalue weighted by Crippen LogP contribution is 2.23. The summed E-state index contributed by atoms with van der Waals surface area (Å²) >= 11 is 1.71. The lowest BCUT2D eigenvalue weighted by Crippen LogP contribution is -2.37. The van der Waals surface area contributed by atoms with Gasteiger partial charge in [0.05, 0.1) is 11.8 Å². The maximum Gasteiger partial charge on any atom is 0.123 e. The first-order valence-corrected chi connectivity index (χ1v) is 9.30. The number of aliphatic hydroxyl groups is 1. The molecule has 23 heavy (non-hydrogen) atoms. The number of hydrogen-bond acceptors (Lipinski definition) is 5. The number of likely N-dealkylation sites (tertiary alicyclic amines) is 1. The molecule has 1 aromatic carbocycles. The van der Waals surface area contributed by atoms with E-state index in [9.17, 15) is 5.11 Å². The zero-order chi connectivity index (χ0) is 15.9. The van der Waals surface area contributed by atoms with E-state index in [0.717, 1.165) is 62.7 Å². The molecule has 5 heteroatoms. The second kappa shape index (κ2) is 8.55. The van der Waals surface area contributed by atoms with E-state index in [4.69, 9.17) is 4.98 Å². The van der Waals surface area contributed by atoms with Crippen molar-refractivity contribution in [1.29, 1.82) is 0 Å². The molecule has 0 spiro atoms. The van der Waals surface area contributed by atoms with Crippen LogP contribution in [0.15, 0.2) is 35.7 Å². The van der Waals surface area contributed by atoms with Gasteiger partial charge in [0.15, 0.2) is 0 Å². The Balaban J connectivity index is 1.34. The lowest BCUT2D eigenvalue weighted by Gasteiger charge is -2.29. The number of nitrogens with zero attached hydrogens (tertiary/aromatic N) is 2. The van der Waals surface area contributed by atoms with Crippen molar-refractivity contribution in [2.75, 3.05) is 26.2 Å². The molecule has 1 aliphatic heterocycles. The molecule has 0 unspecified atom stereocenters. The third kappa shape index (κ3) is 5.11. The highest BCUT2D eigenvalue weighted by molar-refractivity contribution is 7.13. The fourth-order valence-electron chi connectivity index (χ4n) is 2.89. The number of piperidine rings is 1. The number of benzene rings is 1. The first-order chi connectivity index (χ1) is 11.3. The van der Waals surface area contributed by atoms with E-state index in [1.54, 1.807) is 11.3 Å². The Hall–Kier alpha value is -1.27. The van der Waals surface area contributed by atoms with Crippen LogP contribution in [0.1, 0.15) is 25.0 Å². The molecule has 0 atom stereocenters. The van der Waals surface area contributed by atoms with Crippen molar-refractivity contribution in [3.63, 3.8) is 0 Å². The van der Waals surface area contributed by atoms with E-state index in [1.165, 1.54) is 5.56 Å². The minimum atomic E-state index is -0.0761. The Morgan fingerprint density at radius 1 is 1.22 bits per heavy atom. The fraction of sp³-hybridized carbons (Fsp3) is 0.500. The highest BCUT2D eigenvalue weighted by atomic mass is 32.1. The Bertz CT molecular complexity index is 579. The summed E-state index contributed by atoms with van der Waals surface area (Å²) in [7, 11) is 0. The van der Waals surface area contributed by atoms with Crippen LogP contribution < -0.4 is 5.32 Å². The van der Waals surface area contributed by atoms with Crippen molar-refractivity contribution in [1.82, 2.24) is 15.2 Å². The van der Waals surface area contributed by atoms with Gasteiger partial charge in [-0.1, -0.05) is 30.3 Å². The van der Waals surface area contributed by atoms with Gasteiger partial charge < -0.3 is 15.3 Å². The number of aromatic nitrogens is 1. The van der Waals surface area contributed by atoms with Crippen molar-refractivity contribution >= 4 is 11.3 Å². The Morgan fingerprint density at radius 3 is 2.78 bits per heavy atom. The van der Waals surface area contributed by atoms with Crippen molar-refractivity contribution in [2.24, 2.45) is 0 Å². The third-order valence-corrected chi connectivity index (χ3v) is 5.20. The molecule has 1 aliphatic rings. The minimum absolute atomic E-state index is 0.0761. The maximum atomic E-state index is 9.50. The van der Waals surface area contributed by atoms with Crippen LogP contribution in [0.2, 0.25) is 0 Å². The molecule has 1 saturated heterocycles. The van der Waals surface area contributed by atoms with E-state index in [2.05, 4.69) is 27.7 Å². The maximum absolute atomic E-state index is 9.50. The second-order valence-corrected chi connectivity index (χ2v) is 6.97. The summed E-state index contributed by atoms with van der Waals surface area (Å²) in [5, 5.41) is 16.2. The summed E-state index contributed by atoms with van der Waals surface area (Å²) in [6.07, 6.45) is 2.92. The average Bonchev–Trinajstić information content (AvgIpc) is 3.06. The zero-order valence-electron chi connectivity index (χ0n) is 13.4. The molecule has 2 heterocycles. The average molecular weight is 331 g/mol. The van der Waals surface area contributed by atoms with E-state index < -0.39 is 0 Å². The Labute approximate surface area is 142 Å². The first-order valence-electron chi connectivity index (χ1n) is 8.42. The summed E-state index contributed by atoms with van der Waals surface area (Å²) in [6.45, 7) is 5.03.